The monoisotopic (exact) mass is 255 g/mol. The summed E-state index contributed by atoms with van der Waals surface area (Å²) in [6, 6.07) is 16.1. The van der Waals surface area contributed by atoms with E-state index in [4.69, 9.17) is 4.74 Å². The molecular formula is C15H13NO3. The van der Waals surface area contributed by atoms with Crippen molar-refractivity contribution in [3.05, 3.63) is 75.8 Å². The number of benzene rings is 2. The van der Waals surface area contributed by atoms with Crippen LogP contribution >= 0.6 is 0 Å². The van der Waals surface area contributed by atoms with Crippen molar-refractivity contribution in [2.45, 2.75) is 18.6 Å². The summed E-state index contributed by atoms with van der Waals surface area (Å²) in [5, 5.41) is 11.3. The molecule has 1 aliphatic heterocycles. The molecule has 0 radical (unpaired) electrons. The Morgan fingerprint density at radius 1 is 1.05 bits per heavy atom. The Labute approximate surface area is 110 Å². The van der Waals surface area contributed by atoms with E-state index in [2.05, 4.69) is 0 Å². The minimum atomic E-state index is -0.739. The van der Waals surface area contributed by atoms with E-state index in [0.717, 1.165) is 16.9 Å². The Morgan fingerprint density at radius 2 is 1.74 bits per heavy atom. The first-order valence-corrected chi connectivity index (χ1v) is 6.19. The van der Waals surface area contributed by atoms with Crippen LogP contribution < -0.4 is 4.74 Å². The zero-order chi connectivity index (χ0) is 13.2. The van der Waals surface area contributed by atoms with Crippen LogP contribution in [0.4, 0.5) is 0 Å². The van der Waals surface area contributed by atoms with Crippen LogP contribution in [0.3, 0.4) is 0 Å². The molecule has 2 aromatic rings. The fourth-order valence-electron chi connectivity index (χ4n) is 2.45. The van der Waals surface area contributed by atoms with E-state index in [1.165, 1.54) is 0 Å². The van der Waals surface area contributed by atoms with Gasteiger partial charge in [0.05, 0.1) is 0 Å². The van der Waals surface area contributed by atoms with Gasteiger partial charge in [0.2, 0.25) is 0 Å². The molecule has 2 atom stereocenters. The van der Waals surface area contributed by atoms with Crippen molar-refractivity contribution in [3.63, 3.8) is 0 Å². The van der Waals surface area contributed by atoms with Gasteiger partial charge in [0, 0.05) is 16.9 Å². The van der Waals surface area contributed by atoms with Crippen molar-refractivity contribution in [2.24, 2.45) is 0 Å². The smallest absolute Gasteiger partial charge is 0.257 e. The molecular weight excluding hydrogens is 242 g/mol. The van der Waals surface area contributed by atoms with Crippen molar-refractivity contribution >= 4 is 0 Å². The molecule has 0 fully saturated rings. The molecule has 0 bridgehead atoms. The van der Waals surface area contributed by atoms with Crippen LogP contribution in [0, 0.1) is 10.1 Å². The second-order valence-electron chi connectivity index (χ2n) is 4.61. The first kappa shape index (κ1) is 11.7. The summed E-state index contributed by atoms with van der Waals surface area (Å²) in [5.74, 6) is 0.745. The number of para-hydroxylation sites is 1. The van der Waals surface area contributed by atoms with E-state index in [1.807, 2.05) is 54.6 Å². The molecule has 0 spiro atoms. The lowest BCUT2D eigenvalue weighted by molar-refractivity contribution is -0.535. The van der Waals surface area contributed by atoms with Gasteiger partial charge in [-0.05, 0) is 11.6 Å². The normalized spacial score (nSPS) is 21.3. The topological polar surface area (TPSA) is 52.4 Å². The summed E-state index contributed by atoms with van der Waals surface area (Å²) in [6.45, 7) is 0. The van der Waals surface area contributed by atoms with Crippen molar-refractivity contribution in [1.82, 2.24) is 0 Å². The molecule has 2 aromatic carbocycles. The minimum absolute atomic E-state index is 0.242. The Morgan fingerprint density at radius 3 is 2.47 bits per heavy atom. The van der Waals surface area contributed by atoms with Gasteiger partial charge in [-0.25, -0.2) is 0 Å². The Hall–Kier alpha value is -2.36. The summed E-state index contributed by atoms with van der Waals surface area (Å²) >= 11 is 0. The Balaban J connectivity index is 2.01. The molecule has 1 aliphatic rings. The largest absolute Gasteiger partial charge is 0.478 e. The summed E-state index contributed by atoms with van der Waals surface area (Å²) in [6.07, 6.45) is -0.117. The average Bonchev–Trinajstić information content (AvgIpc) is 2.46. The van der Waals surface area contributed by atoms with Gasteiger partial charge in [-0.3, -0.25) is 10.1 Å². The zero-order valence-electron chi connectivity index (χ0n) is 10.2. The van der Waals surface area contributed by atoms with Gasteiger partial charge < -0.3 is 4.74 Å². The third-order valence-corrected chi connectivity index (χ3v) is 3.40. The van der Waals surface area contributed by atoms with Gasteiger partial charge in [0.25, 0.3) is 6.04 Å². The van der Waals surface area contributed by atoms with Gasteiger partial charge >= 0.3 is 0 Å². The predicted octanol–water partition coefficient (Wildman–Crippen LogP) is 3.01. The molecule has 1 heterocycles. The molecule has 0 amide bonds. The van der Waals surface area contributed by atoms with E-state index >= 15 is 0 Å². The lowest BCUT2D eigenvalue weighted by atomic mass is 9.93. The standard InChI is InChI=1S/C15H13NO3/c17-16(18)13-10-12-8-4-5-9-14(12)19-15(13)11-6-2-1-3-7-11/h1-9,13,15H,10H2/t13-,15+/m1/s1. The van der Waals surface area contributed by atoms with Gasteiger partial charge in [0.1, 0.15) is 5.75 Å². The molecule has 4 nitrogen and oxygen atoms in total. The number of fused-ring (bicyclic) bond motifs is 1. The predicted molar refractivity (Wildman–Crippen MR) is 70.7 cm³/mol. The quantitative estimate of drug-likeness (QED) is 0.612. The van der Waals surface area contributed by atoms with E-state index in [9.17, 15) is 10.1 Å². The highest BCUT2D eigenvalue weighted by molar-refractivity contribution is 5.37. The summed E-state index contributed by atoms with van der Waals surface area (Å²) in [5.41, 5.74) is 1.75. The third kappa shape index (κ3) is 2.17. The number of hydrogen-bond donors (Lipinski definition) is 0. The van der Waals surface area contributed by atoms with Crippen LogP contribution in [-0.4, -0.2) is 11.0 Å². The molecule has 96 valence electrons. The van der Waals surface area contributed by atoms with Crippen molar-refractivity contribution in [1.29, 1.82) is 0 Å². The minimum Gasteiger partial charge on any atom is -0.478 e. The molecule has 3 rings (SSSR count). The van der Waals surface area contributed by atoms with Crippen molar-refractivity contribution in [2.75, 3.05) is 0 Å². The number of rotatable bonds is 2. The number of ether oxygens (including phenoxy) is 1. The summed E-state index contributed by atoms with van der Waals surface area (Å²) in [4.78, 5) is 11.0. The molecule has 0 aromatic heterocycles. The second-order valence-corrected chi connectivity index (χ2v) is 4.61. The van der Waals surface area contributed by atoms with E-state index in [1.54, 1.807) is 0 Å². The van der Waals surface area contributed by atoms with Crippen LogP contribution in [0.25, 0.3) is 0 Å². The lowest BCUT2D eigenvalue weighted by Gasteiger charge is -2.28. The van der Waals surface area contributed by atoms with Crippen LogP contribution in [0.2, 0.25) is 0 Å². The highest BCUT2D eigenvalue weighted by Gasteiger charge is 2.39. The van der Waals surface area contributed by atoms with Crippen LogP contribution in [-0.2, 0) is 6.42 Å². The van der Waals surface area contributed by atoms with Crippen molar-refractivity contribution < 1.29 is 9.66 Å². The Kier molecular flexibility index (Phi) is 2.91. The molecule has 0 unspecified atom stereocenters. The maximum Gasteiger partial charge on any atom is 0.257 e. The van der Waals surface area contributed by atoms with Crippen LogP contribution in [0.1, 0.15) is 17.2 Å². The zero-order valence-corrected chi connectivity index (χ0v) is 10.2. The highest BCUT2D eigenvalue weighted by atomic mass is 16.6. The Bertz CT molecular complexity index is 597. The first-order valence-electron chi connectivity index (χ1n) is 6.19. The van der Waals surface area contributed by atoms with Crippen LogP contribution in [0.15, 0.2) is 54.6 Å². The van der Waals surface area contributed by atoms with Gasteiger partial charge in [-0.1, -0.05) is 48.5 Å². The maximum atomic E-state index is 11.3. The number of nitro groups is 1. The summed E-state index contributed by atoms with van der Waals surface area (Å²) in [7, 11) is 0. The van der Waals surface area contributed by atoms with Gasteiger partial charge in [-0.2, -0.15) is 0 Å². The fraction of sp³-hybridized carbons (Fsp3) is 0.200. The number of hydrogen-bond acceptors (Lipinski definition) is 3. The van der Waals surface area contributed by atoms with Crippen molar-refractivity contribution in [3.8, 4) is 5.75 Å². The molecule has 0 aliphatic carbocycles. The molecule has 0 saturated heterocycles. The second kappa shape index (κ2) is 4.72. The summed E-state index contributed by atoms with van der Waals surface area (Å²) < 4.78 is 5.85. The van der Waals surface area contributed by atoms with E-state index in [-0.39, 0.29) is 4.92 Å². The molecule has 0 saturated carbocycles. The van der Waals surface area contributed by atoms with E-state index < -0.39 is 12.1 Å². The van der Waals surface area contributed by atoms with E-state index in [0.29, 0.717) is 6.42 Å². The first-order chi connectivity index (χ1) is 9.25. The molecule has 19 heavy (non-hydrogen) atoms. The third-order valence-electron chi connectivity index (χ3n) is 3.40. The highest BCUT2D eigenvalue weighted by Crippen LogP contribution is 2.35. The lowest BCUT2D eigenvalue weighted by Crippen LogP contribution is -2.36. The van der Waals surface area contributed by atoms with Crippen LogP contribution in [0.5, 0.6) is 5.75 Å². The van der Waals surface area contributed by atoms with Gasteiger partial charge in [0.15, 0.2) is 6.10 Å². The van der Waals surface area contributed by atoms with Gasteiger partial charge in [-0.15, -0.1) is 0 Å². The number of nitrogens with zero attached hydrogens (tertiary/aromatic N) is 1. The molecule has 0 N–H and O–H groups in total. The maximum absolute atomic E-state index is 11.3. The average molecular weight is 255 g/mol. The fourth-order valence-corrected chi connectivity index (χ4v) is 2.45. The SMILES string of the molecule is O=[N+]([O-])[C@@H]1Cc2ccccc2O[C@H]1c1ccccc1. The molecule has 4 heteroatoms.